The first-order valence-electron chi connectivity index (χ1n) is 9.54. The number of methoxy groups -OCH3 is 1. The molecule has 3 aromatic carbocycles. The predicted octanol–water partition coefficient (Wildman–Crippen LogP) is 3.25. The molecule has 0 bridgehead atoms. The van der Waals surface area contributed by atoms with Gasteiger partial charge in [0.2, 0.25) is 0 Å². The number of carboxylic acids is 1. The summed E-state index contributed by atoms with van der Waals surface area (Å²) in [6, 6.07) is 19.6. The molecule has 0 aliphatic carbocycles. The monoisotopic (exact) mass is 411 g/mol. The van der Waals surface area contributed by atoms with Crippen LogP contribution in [-0.2, 0) is 0 Å². The third-order valence-corrected chi connectivity index (χ3v) is 5.20. The Hall–Kier alpha value is -4.39. The lowest BCUT2D eigenvalue weighted by Crippen LogP contribution is -2.20. The molecule has 31 heavy (non-hydrogen) atoms. The summed E-state index contributed by atoms with van der Waals surface area (Å²) < 4.78 is 5.29. The molecule has 7 heteroatoms. The van der Waals surface area contributed by atoms with Gasteiger partial charge in [0, 0.05) is 22.5 Å². The van der Waals surface area contributed by atoms with Gasteiger partial charge in [-0.1, -0.05) is 30.3 Å². The first-order valence-corrected chi connectivity index (χ1v) is 9.54. The van der Waals surface area contributed by atoms with Crippen LogP contribution in [0.3, 0.4) is 0 Å². The summed E-state index contributed by atoms with van der Waals surface area (Å²) in [4.78, 5) is 23.8. The van der Waals surface area contributed by atoms with Crippen LogP contribution in [0.4, 0.5) is 0 Å². The summed E-state index contributed by atoms with van der Waals surface area (Å²) in [5.41, 5.74) is 2.58. The number of aromatic carboxylic acids is 1. The zero-order valence-corrected chi connectivity index (χ0v) is 16.5. The number of rotatable bonds is 4. The van der Waals surface area contributed by atoms with Crippen LogP contribution in [0.15, 0.2) is 82.5 Å². The number of hydrogen-bond acceptors (Lipinski definition) is 5. The molecule has 5 rings (SSSR count). The fraction of sp³-hybridized carbons (Fsp3) is 0.0417. The van der Waals surface area contributed by atoms with Crippen LogP contribution >= 0.6 is 0 Å². The zero-order chi connectivity index (χ0) is 21.5. The smallest absolute Gasteiger partial charge is 0.335 e. The van der Waals surface area contributed by atoms with Crippen LogP contribution in [0.2, 0.25) is 0 Å². The second kappa shape index (κ2) is 7.14. The molecule has 0 fully saturated rings. The topological polar surface area (TPSA) is 107 Å². The van der Waals surface area contributed by atoms with E-state index in [9.17, 15) is 15.0 Å². The van der Waals surface area contributed by atoms with Gasteiger partial charge in [-0.15, -0.1) is 0 Å². The van der Waals surface area contributed by atoms with E-state index in [1.54, 1.807) is 19.2 Å². The Morgan fingerprint density at radius 2 is 1.71 bits per heavy atom. The molecule has 1 aromatic heterocycles. The molecule has 0 atom stereocenters. The summed E-state index contributed by atoms with van der Waals surface area (Å²) in [6.45, 7) is 0. The van der Waals surface area contributed by atoms with E-state index in [2.05, 4.69) is 9.98 Å². The average molecular weight is 411 g/mol. The van der Waals surface area contributed by atoms with Gasteiger partial charge < -0.3 is 19.9 Å². The zero-order valence-electron chi connectivity index (χ0n) is 16.5. The van der Waals surface area contributed by atoms with Gasteiger partial charge in [-0.2, -0.15) is 0 Å². The molecule has 0 unspecified atom stereocenters. The molecule has 0 radical (unpaired) electrons. The van der Waals surface area contributed by atoms with Crippen LogP contribution in [-0.4, -0.2) is 28.3 Å². The quantitative estimate of drug-likeness (QED) is 0.479. The van der Waals surface area contributed by atoms with E-state index < -0.39 is 5.97 Å². The minimum atomic E-state index is -1.04. The van der Waals surface area contributed by atoms with Crippen molar-refractivity contribution in [2.45, 2.75) is 0 Å². The van der Waals surface area contributed by atoms with Crippen molar-refractivity contribution in [3.8, 4) is 11.6 Å². The SMILES string of the molecule is COc1ccc2c(c1)=N/C(=C(\c1ccccc1)c1c(O)[nH]c3ccc(C(=O)O)cc13)N=2. The Balaban J connectivity index is 1.85. The van der Waals surface area contributed by atoms with E-state index in [4.69, 9.17) is 9.73 Å². The number of carboxylic acid groups (broad SMARTS) is 1. The summed E-state index contributed by atoms with van der Waals surface area (Å²) >= 11 is 0. The molecule has 4 aromatic rings. The normalized spacial score (nSPS) is 14.0. The summed E-state index contributed by atoms with van der Waals surface area (Å²) in [5.74, 6) is -0.0346. The molecule has 152 valence electrons. The van der Waals surface area contributed by atoms with E-state index in [1.165, 1.54) is 12.1 Å². The second-order valence-corrected chi connectivity index (χ2v) is 7.06. The number of fused-ring (bicyclic) bond motifs is 2. The van der Waals surface area contributed by atoms with Crippen LogP contribution < -0.4 is 15.5 Å². The number of H-pyrrole nitrogens is 1. The Labute approximate surface area is 176 Å². The van der Waals surface area contributed by atoms with E-state index in [1.807, 2.05) is 42.5 Å². The molecule has 0 saturated carbocycles. The molecule has 7 nitrogen and oxygen atoms in total. The molecule has 3 N–H and O–H groups in total. The Kier molecular flexibility index (Phi) is 4.29. The number of hydrogen-bond donors (Lipinski definition) is 3. The summed E-state index contributed by atoms with van der Waals surface area (Å²) in [7, 11) is 1.59. The third kappa shape index (κ3) is 3.12. The number of benzene rings is 3. The Morgan fingerprint density at radius 1 is 0.935 bits per heavy atom. The molecular weight excluding hydrogens is 394 g/mol. The maximum atomic E-state index is 11.5. The lowest BCUT2D eigenvalue weighted by atomic mass is 9.96. The van der Waals surface area contributed by atoms with Gasteiger partial charge in [-0.3, -0.25) is 0 Å². The van der Waals surface area contributed by atoms with Crippen molar-refractivity contribution in [1.29, 1.82) is 0 Å². The van der Waals surface area contributed by atoms with E-state index in [-0.39, 0.29) is 11.4 Å². The van der Waals surface area contributed by atoms with Gasteiger partial charge in [0.15, 0.2) is 11.7 Å². The van der Waals surface area contributed by atoms with Crippen LogP contribution in [0.1, 0.15) is 21.5 Å². The minimum absolute atomic E-state index is 0.0807. The summed E-state index contributed by atoms with van der Waals surface area (Å²) in [6.07, 6.45) is 0. The number of carbonyl (C=O) groups is 1. The number of aromatic hydroxyl groups is 1. The molecule has 0 saturated heterocycles. The molecule has 1 aliphatic rings. The molecule has 2 heterocycles. The van der Waals surface area contributed by atoms with Gasteiger partial charge in [0.25, 0.3) is 0 Å². The minimum Gasteiger partial charge on any atom is -0.497 e. The van der Waals surface area contributed by atoms with Crippen LogP contribution in [0, 0.1) is 0 Å². The van der Waals surface area contributed by atoms with Gasteiger partial charge in [0.05, 0.1) is 29.0 Å². The Bertz CT molecular complexity index is 1500. The molecule has 0 spiro atoms. The van der Waals surface area contributed by atoms with Crippen molar-refractivity contribution in [3.05, 3.63) is 100.0 Å². The highest BCUT2D eigenvalue weighted by molar-refractivity contribution is 6.03. The summed E-state index contributed by atoms with van der Waals surface area (Å²) in [5, 5.41) is 22.2. The first-order chi connectivity index (χ1) is 15.0. The Morgan fingerprint density at radius 3 is 2.45 bits per heavy atom. The number of nitrogens with one attached hydrogen (secondary N) is 1. The second-order valence-electron chi connectivity index (χ2n) is 7.06. The predicted molar refractivity (Wildman–Crippen MR) is 115 cm³/mol. The van der Waals surface area contributed by atoms with Crippen molar-refractivity contribution in [3.63, 3.8) is 0 Å². The third-order valence-electron chi connectivity index (χ3n) is 5.20. The molecule has 0 amide bonds. The lowest BCUT2D eigenvalue weighted by Gasteiger charge is -2.09. The van der Waals surface area contributed by atoms with E-state index >= 15 is 0 Å². The highest BCUT2D eigenvalue weighted by Crippen LogP contribution is 2.39. The van der Waals surface area contributed by atoms with Crippen molar-refractivity contribution < 1.29 is 19.7 Å². The highest BCUT2D eigenvalue weighted by Gasteiger charge is 2.23. The number of ether oxygens (including phenoxy) is 1. The van der Waals surface area contributed by atoms with Gasteiger partial charge in [-0.25, -0.2) is 14.8 Å². The van der Waals surface area contributed by atoms with Gasteiger partial charge in [0.1, 0.15) is 5.75 Å². The maximum Gasteiger partial charge on any atom is 0.335 e. The van der Waals surface area contributed by atoms with Crippen LogP contribution in [0.25, 0.3) is 16.5 Å². The van der Waals surface area contributed by atoms with Crippen molar-refractivity contribution in [2.24, 2.45) is 9.98 Å². The average Bonchev–Trinajstić information content (AvgIpc) is 3.34. The fourth-order valence-electron chi connectivity index (χ4n) is 3.73. The molecular formula is C24H17N3O4. The number of aromatic amines is 1. The maximum absolute atomic E-state index is 11.5. The first kappa shape index (κ1) is 18.6. The van der Waals surface area contributed by atoms with Crippen molar-refractivity contribution in [1.82, 2.24) is 4.98 Å². The lowest BCUT2D eigenvalue weighted by molar-refractivity contribution is 0.0697. The fourth-order valence-corrected chi connectivity index (χ4v) is 3.73. The van der Waals surface area contributed by atoms with Gasteiger partial charge in [-0.05, 0) is 35.9 Å². The highest BCUT2D eigenvalue weighted by atomic mass is 16.5. The standard InChI is InChI=1S/C24H17N3O4/c1-31-15-8-10-18-19(12-15)26-22(25-18)20(13-5-3-2-4-6-13)21-16-11-14(24(29)30)7-9-17(16)27-23(21)28/h2-12,27-28H,1H3,(H,29,30)/b22-20+. The van der Waals surface area contributed by atoms with Crippen LogP contribution in [0.5, 0.6) is 11.6 Å². The van der Waals surface area contributed by atoms with E-state index in [0.717, 1.165) is 5.56 Å². The number of nitrogens with zero attached hydrogens (tertiary/aromatic N) is 2. The largest absolute Gasteiger partial charge is 0.497 e. The van der Waals surface area contributed by atoms with Crippen molar-refractivity contribution in [2.75, 3.05) is 7.11 Å². The van der Waals surface area contributed by atoms with Crippen molar-refractivity contribution >= 4 is 22.4 Å². The number of aromatic nitrogens is 1. The van der Waals surface area contributed by atoms with E-state index in [0.29, 0.717) is 44.3 Å². The molecule has 1 aliphatic heterocycles. The van der Waals surface area contributed by atoms with Gasteiger partial charge >= 0.3 is 5.97 Å².